The van der Waals surface area contributed by atoms with Crippen molar-refractivity contribution in [3.8, 4) is 0 Å². The van der Waals surface area contributed by atoms with Crippen LogP contribution < -0.4 is 10.9 Å². The van der Waals surface area contributed by atoms with Gasteiger partial charge in [0.25, 0.3) is 5.56 Å². The maximum Gasteiger partial charge on any atom is 0.253 e. The van der Waals surface area contributed by atoms with E-state index in [2.05, 4.69) is 15.2 Å². The summed E-state index contributed by atoms with van der Waals surface area (Å²) < 4.78 is 5.10. The monoisotopic (exact) mass is 373 g/mol. The molecule has 1 aromatic heterocycles. The molecule has 0 amide bonds. The molecule has 140 valence electrons. The van der Waals surface area contributed by atoms with Crippen LogP contribution in [0.15, 0.2) is 29.1 Å². The number of methoxy groups -OCH3 is 1. The second-order valence-corrected chi connectivity index (χ2v) is 7.34. The van der Waals surface area contributed by atoms with E-state index in [1.807, 2.05) is 31.2 Å². The lowest BCUT2D eigenvalue weighted by Gasteiger charge is -2.31. The number of benzene rings is 1. The number of aromatic nitrogens is 1. The predicted octanol–water partition coefficient (Wildman–Crippen LogP) is 3.10. The average Bonchev–Trinajstić information content (AvgIpc) is 3.15. The molecular weight excluding hydrogens is 346 g/mol. The SMILES string of the molecule is COCCNC(=S)N(Cc1cc2cccc(C)c2[nH]c1=O)C1CCCC1. The standard InChI is InChI=1S/C20H27N3O2S/c1-14-6-5-7-15-12-16(19(24)22-18(14)15)13-23(17-8-3-4-9-17)20(26)21-10-11-25-2/h5-7,12,17H,3-4,8-11,13H2,1-2H3,(H,21,26)(H,22,24). The molecule has 2 aromatic rings. The number of thiocarbonyl (C=S) groups is 1. The van der Waals surface area contributed by atoms with E-state index in [0.717, 1.165) is 34.9 Å². The number of para-hydroxylation sites is 1. The van der Waals surface area contributed by atoms with Gasteiger partial charge in [-0.2, -0.15) is 0 Å². The zero-order valence-corrected chi connectivity index (χ0v) is 16.3. The molecule has 0 atom stereocenters. The summed E-state index contributed by atoms with van der Waals surface area (Å²) in [5, 5.41) is 5.03. The molecule has 3 rings (SSSR count). The first-order chi connectivity index (χ1) is 12.6. The van der Waals surface area contributed by atoms with Gasteiger partial charge in [-0.25, -0.2) is 0 Å². The molecule has 6 heteroatoms. The fraction of sp³-hybridized carbons (Fsp3) is 0.500. The Kier molecular flexibility index (Phi) is 6.27. The molecule has 1 heterocycles. The number of hydrogen-bond donors (Lipinski definition) is 2. The summed E-state index contributed by atoms with van der Waals surface area (Å²) in [5.74, 6) is 0. The van der Waals surface area contributed by atoms with Crippen LogP contribution in [0.1, 0.15) is 36.8 Å². The highest BCUT2D eigenvalue weighted by atomic mass is 32.1. The first-order valence-corrected chi connectivity index (χ1v) is 9.66. The Hall–Kier alpha value is -1.92. The van der Waals surface area contributed by atoms with Gasteiger partial charge in [-0.05, 0) is 49.0 Å². The van der Waals surface area contributed by atoms with Crippen molar-refractivity contribution in [3.63, 3.8) is 0 Å². The van der Waals surface area contributed by atoms with E-state index in [0.29, 0.717) is 30.9 Å². The van der Waals surface area contributed by atoms with Crippen molar-refractivity contribution < 1.29 is 4.74 Å². The molecule has 1 aromatic carbocycles. The van der Waals surface area contributed by atoms with Crippen LogP contribution in [-0.2, 0) is 11.3 Å². The quantitative estimate of drug-likeness (QED) is 0.602. The second kappa shape index (κ2) is 8.64. The first-order valence-electron chi connectivity index (χ1n) is 9.25. The molecule has 0 radical (unpaired) electrons. The van der Waals surface area contributed by atoms with E-state index >= 15 is 0 Å². The Bertz CT molecular complexity index is 827. The third kappa shape index (κ3) is 4.24. The van der Waals surface area contributed by atoms with Gasteiger partial charge in [0.2, 0.25) is 0 Å². The Labute approximate surface area is 159 Å². The highest BCUT2D eigenvalue weighted by Crippen LogP contribution is 2.25. The Morgan fingerprint density at radius 3 is 2.88 bits per heavy atom. The first kappa shape index (κ1) is 18.9. The zero-order chi connectivity index (χ0) is 18.5. The highest BCUT2D eigenvalue weighted by molar-refractivity contribution is 7.80. The number of rotatable bonds is 6. The number of aromatic amines is 1. The van der Waals surface area contributed by atoms with Crippen molar-refractivity contribution in [2.75, 3.05) is 20.3 Å². The van der Waals surface area contributed by atoms with Gasteiger partial charge in [-0.15, -0.1) is 0 Å². The van der Waals surface area contributed by atoms with Gasteiger partial charge < -0.3 is 19.9 Å². The average molecular weight is 374 g/mol. The number of aryl methyl sites for hydroxylation is 1. The molecule has 1 saturated carbocycles. The van der Waals surface area contributed by atoms with Crippen LogP contribution in [0.5, 0.6) is 0 Å². The Morgan fingerprint density at radius 2 is 2.15 bits per heavy atom. The number of pyridine rings is 1. The summed E-state index contributed by atoms with van der Waals surface area (Å²) >= 11 is 5.63. The van der Waals surface area contributed by atoms with Gasteiger partial charge in [-0.3, -0.25) is 4.79 Å². The summed E-state index contributed by atoms with van der Waals surface area (Å²) in [6.45, 7) is 3.82. The largest absolute Gasteiger partial charge is 0.383 e. The van der Waals surface area contributed by atoms with Crippen LogP contribution in [-0.4, -0.2) is 41.3 Å². The molecule has 0 aliphatic heterocycles. The van der Waals surface area contributed by atoms with Gasteiger partial charge >= 0.3 is 0 Å². The third-order valence-electron chi connectivity index (χ3n) is 5.11. The minimum absolute atomic E-state index is 0.0329. The van der Waals surface area contributed by atoms with E-state index in [1.54, 1.807) is 7.11 Å². The summed E-state index contributed by atoms with van der Waals surface area (Å²) in [5.41, 5.74) is 2.71. The van der Waals surface area contributed by atoms with Crippen molar-refractivity contribution in [2.24, 2.45) is 0 Å². The van der Waals surface area contributed by atoms with E-state index < -0.39 is 0 Å². The van der Waals surface area contributed by atoms with Gasteiger partial charge in [0.15, 0.2) is 5.11 Å². The lowest BCUT2D eigenvalue weighted by atomic mass is 10.1. The maximum atomic E-state index is 12.7. The summed E-state index contributed by atoms with van der Waals surface area (Å²) in [7, 11) is 1.68. The van der Waals surface area contributed by atoms with E-state index in [-0.39, 0.29) is 5.56 Å². The number of nitrogens with one attached hydrogen (secondary N) is 2. The maximum absolute atomic E-state index is 12.7. The molecule has 1 aliphatic rings. The summed E-state index contributed by atoms with van der Waals surface area (Å²) in [6.07, 6.45) is 4.68. The number of hydrogen-bond acceptors (Lipinski definition) is 3. The van der Waals surface area contributed by atoms with E-state index in [9.17, 15) is 4.79 Å². The number of H-pyrrole nitrogens is 1. The van der Waals surface area contributed by atoms with Crippen LogP contribution in [0, 0.1) is 6.92 Å². The minimum Gasteiger partial charge on any atom is -0.383 e. The van der Waals surface area contributed by atoms with Crippen LogP contribution in [0.2, 0.25) is 0 Å². The molecule has 0 spiro atoms. The van der Waals surface area contributed by atoms with Crippen LogP contribution >= 0.6 is 12.2 Å². The van der Waals surface area contributed by atoms with Crippen molar-refractivity contribution in [3.05, 3.63) is 45.7 Å². The number of fused-ring (bicyclic) bond motifs is 1. The summed E-state index contributed by atoms with van der Waals surface area (Å²) in [6, 6.07) is 8.46. The van der Waals surface area contributed by atoms with E-state index in [4.69, 9.17) is 17.0 Å². The van der Waals surface area contributed by atoms with Gasteiger partial charge in [0, 0.05) is 25.3 Å². The molecule has 2 N–H and O–H groups in total. The lowest BCUT2D eigenvalue weighted by Crippen LogP contribution is -2.46. The minimum atomic E-state index is -0.0329. The topological polar surface area (TPSA) is 57.4 Å². The summed E-state index contributed by atoms with van der Waals surface area (Å²) in [4.78, 5) is 17.9. The molecule has 26 heavy (non-hydrogen) atoms. The van der Waals surface area contributed by atoms with Crippen LogP contribution in [0.25, 0.3) is 10.9 Å². The number of ether oxygens (including phenoxy) is 1. The fourth-order valence-corrected chi connectivity index (χ4v) is 3.99. The van der Waals surface area contributed by atoms with Crippen LogP contribution in [0.3, 0.4) is 0 Å². The molecular formula is C20H27N3O2S. The van der Waals surface area contributed by atoms with E-state index in [1.165, 1.54) is 12.8 Å². The fourth-order valence-electron chi connectivity index (χ4n) is 3.67. The third-order valence-corrected chi connectivity index (χ3v) is 5.49. The van der Waals surface area contributed by atoms with Crippen molar-refractivity contribution >= 4 is 28.2 Å². The highest BCUT2D eigenvalue weighted by Gasteiger charge is 2.25. The van der Waals surface area contributed by atoms with Gasteiger partial charge in [-0.1, -0.05) is 31.0 Å². The van der Waals surface area contributed by atoms with Gasteiger partial charge in [0.05, 0.1) is 18.7 Å². The normalized spacial score (nSPS) is 14.7. The molecule has 1 fully saturated rings. The van der Waals surface area contributed by atoms with Crippen molar-refractivity contribution in [1.29, 1.82) is 0 Å². The predicted molar refractivity (Wildman–Crippen MR) is 110 cm³/mol. The molecule has 0 unspecified atom stereocenters. The van der Waals surface area contributed by atoms with Gasteiger partial charge in [0.1, 0.15) is 0 Å². The molecule has 1 aliphatic carbocycles. The van der Waals surface area contributed by atoms with Crippen molar-refractivity contribution in [1.82, 2.24) is 15.2 Å². The Balaban J connectivity index is 1.86. The second-order valence-electron chi connectivity index (χ2n) is 6.95. The molecule has 5 nitrogen and oxygen atoms in total. The number of nitrogens with zero attached hydrogens (tertiary/aromatic N) is 1. The van der Waals surface area contributed by atoms with Crippen LogP contribution in [0.4, 0.5) is 0 Å². The smallest absolute Gasteiger partial charge is 0.253 e. The lowest BCUT2D eigenvalue weighted by molar-refractivity contribution is 0.201. The molecule has 0 saturated heterocycles. The van der Waals surface area contributed by atoms with Crippen molar-refractivity contribution in [2.45, 2.75) is 45.2 Å². The Morgan fingerprint density at radius 1 is 1.38 bits per heavy atom. The zero-order valence-electron chi connectivity index (χ0n) is 15.5. The molecule has 0 bridgehead atoms.